The van der Waals surface area contributed by atoms with E-state index in [2.05, 4.69) is 4.99 Å². The predicted octanol–water partition coefficient (Wildman–Crippen LogP) is 0.398. The van der Waals surface area contributed by atoms with Gasteiger partial charge in [0.15, 0.2) is 9.84 Å². The molecule has 0 saturated carbocycles. The van der Waals surface area contributed by atoms with Crippen LogP contribution in [0.1, 0.15) is 5.56 Å². The van der Waals surface area contributed by atoms with Gasteiger partial charge in [-0.05, 0) is 11.6 Å². The molecule has 1 aliphatic rings. The van der Waals surface area contributed by atoms with Gasteiger partial charge in [-0.3, -0.25) is 15.1 Å². The lowest BCUT2D eigenvalue weighted by Gasteiger charge is -2.09. The number of sulfone groups is 1. The van der Waals surface area contributed by atoms with Crippen molar-refractivity contribution in [2.24, 2.45) is 4.99 Å². The molecule has 8 heteroatoms. The fourth-order valence-electron chi connectivity index (χ4n) is 1.58. The third kappa shape index (κ3) is 3.16. The van der Waals surface area contributed by atoms with Gasteiger partial charge in [0.1, 0.15) is 0 Å². The van der Waals surface area contributed by atoms with Crippen LogP contribution in [-0.4, -0.2) is 31.4 Å². The highest BCUT2D eigenvalue weighted by Crippen LogP contribution is 2.20. The highest BCUT2D eigenvalue weighted by atomic mass is 32.2. The number of hydrogen-bond acceptors (Lipinski definition) is 6. The summed E-state index contributed by atoms with van der Waals surface area (Å²) < 4.78 is 22.3. The largest absolute Gasteiger partial charge is 0.872 e. The normalized spacial score (nSPS) is 20.9. The van der Waals surface area contributed by atoms with E-state index in [-0.39, 0.29) is 17.0 Å². The Kier molecular flexibility index (Phi) is 3.34. The lowest BCUT2D eigenvalue weighted by Crippen LogP contribution is -2.09. The van der Waals surface area contributed by atoms with Crippen molar-refractivity contribution >= 4 is 21.7 Å². The van der Waals surface area contributed by atoms with Gasteiger partial charge in [-0.1, -0.05) is 11.8 Å². The summed E-state index contributed by atoms with van der Waals surface area (Å²) in [5.41, 5.74) is -0.150. The fraction of sp³-hybridized carbons (Fsp3) is 0.182. The topological polar surface area (TPSA) is 113 Å². The molecule has 1 aromatic carbocycles. The standard InChI is InChI=1S/C11H10N2O5S/c14-11-2-1-10(13(15)16)5-8(11)6-12-9-3-4-19(17,18)7-9/h1-6,9,14H,7H2/p-1/t9-/m0/s1. The van der Waals surface area contributed by atoms with Crippen LogP contribution in [0.5, 0.6) is 5.75 Å². The Labute approximate surface area is 109 Å². The Morgan fingerprint density at radius 3 is 2.74 bits per heavy atom. The zero-order chi connectivity index (χ0) is 14.0. The van der Waals surface area contributed by atoms with Gasteiger partial charge >= 0.3 is 0 Å². The van der Waals surface area contributed by atoms with Gasteiger partial charge in [0.25, 0.3) is 5.69 Å². The number of nitro groups is 1. The number of nitrogens with zero attached hydrogens (tertiary/aromatic N) is 2. The van der Waals surface area contributed by atoms with Crippen molar-refractivity contribution in [2.75, 3.05) is 5.75 Å². The molecule has 0 amide bonds. The van der Waals surface area contributed by atoms with Crippen molar-refractivity contribution in [1.82, 2.24) is 0 Å². The molecule has 0 aliphatic carbocycles. The summed E-state index contributed by atoms with van der Waals surface area (Å²) in [6.07, 6.45) is 2.58. The third-order valence-corrected chi connectivity index (χ3v) is 3.90. The van der Waals surface area contributed by atoms with Crippen molar-refractivity contribution in [2.45, 2.75) is 6.04 Å². The zero-order valence-corrected chi connectivity index (χ0v) is 10.4. The average Bonchev–Trinajstić information content (AvgIpc) is 2.67. The van der Waals surface area contributed by atoms with Crippen molar-refractivity contribution < 1.29 is 18.4 Å². The molecule has 1 aliphatic heterocycles. The van der Waals surface area contributed by atoms with Crippen molar-refractivity contribution in [3.05, 3.63) is 45.4 Å². The molecule has 1 aromatic rings. The molecule has 0 saturated heterocycles. The number of nitro benzene ring substituents is 1. The van der Waals surface area contributed by atoms with Crippen molar-refractivity contribution in [1.29, 1.82) is 0 Å². The van der Waals surface area contributed by atoms with Crippen LogP contribution in [0.15, 0.2) is 34.7 Å². The van der Waals surface area contributed by atoms with Gasteiger partial charge in [0, 0.05) is 23.8 Å². The van der Waals surface area contributed by atoms with E-state index < -0.39 is 26.6 Å². The van der Waals surface area contributed by atoms with E-state index in [1.54, 1.807) is 0 Å². The minimum atomic E-state index is -3.21. The first-order valence-electron chi connectivity index (χ1n) is 5.27. The highest BCUT2D eigenvalue weighted by molar-refractivity contribution is 7.94. The summed E-state index contributed by atoms with van der Waals surface area (Å²) in [6.45, 7) is 0. The lowest BCUT2D eigenvalue weighted by atomic mass is 10.2. The second-order valence-corrected chi connectivity index (χ2v) is 5.91. The average molecular weight is 281 g/mol. The van der Waals surface area contributed by atoms with Gasteiger partial charge in [0.2, 0.25) is 0 Å². The quantitative estimate of drug-likeness (QED) is 0.452. The Morgan fingerprint density at radius 2 is 2.16 bits per heavy atom. The van der Waals surface area contributed by atoms with Gasteiger partial charge in [-0.25, -0.2) is 8.42 Å². The Bertz CT molecular complexity index is 678. The number of rotatable bonds is 3. The highest BCUT2D eigenvalue weighted by Gasteiger charge is 2.20. The van der Waals surface area contributed by atoms with Crippen LogP contribution in [0.25, 0.3) is 0 Å². The third-order valence-electron chi connectivity index (χ3n) is 2.52. The number of non-ortho nitro benzene ring substituents is 1. The first-order chi connectivity index (χ1) is 8.87. The molecule has 7 nitrogen and oxygen atoms in total. The first-order valence-corrected chi connectivity index (χ1v) is 6.98. The van der Waals surface area contributed by atoms with Gasteiger partial charge < -0.3 is 5.11 Å². The molecule has 1 atom stereocenters. The van der Waals surface area contributed by atoms with Crippen LogP contribution in [-0.2, 0) is 9.84 Å². The smallest absolute Gasteiger partial charge is 0.270 e. The minimum absolute atomic E-state index is 0.0619. The molecule has 0 radical (unpaired) electrons. The molecule has 100 valence electrons. The maximum Gasteiger partial charge on any atom is 0.270 e. The summed E-state index contributed by atoms with van der Waals surface area (Å²) in [6, 6.07) is 2.75. The van der Waals surface area contributed by atoms with Crippen LogP contribution in [0.2, 0.25) is 0 Å². The maximum atomic E-state index is 11.5. The van der Waals surface area contributed by atoms with Crippen LogP contribution in [0.3, 0.4) is 0 Å². The van der Waals surface area contributed by atoms with E-state index in [4.69, 9.17) is 0 Å². The van der Waals surface area contributed by atoms with E-state index in [1.165, 1.54) is 12.3 Å². The Balaban J connectivity index is 2.22. The molecule has 1 heterocycles. The second kappa shape index (κ2) is 4.81. The molecular weight excluding hydrogens is 272 g/mol. The lowest BCUT2D eigenvalue weighted by molar-refractivity contribution is -0.385. The van der Waals surface area contributed by atoms with Crippen molar-refractivity contribution in [3.8, 4) is 5.75 Å². The fourth-order valence-corrected chi connectivity index (χ4v) is 2.78. The van der Waals surface area contributed by atoms with Crippen LogP contribution >= 0.6 is 0 Å². The molecule has 0 N–H and O–H groups in total. The molecular formula is C11H9N2O5S-. The Morgan fingerprint density at radius 1 is 1.42 bits per heavy atom. The molecule has 0 bridgehead atoms. The summed E-state index contributed by atoms with van der Waals surface area (Å²) >= 11 is 0. The molecule has 0 fully saturated rings. The van der Waals surface area contributed by atoms with Crippen LogP contribution < -0.4 is 5.11 Å². The van der Waals surface area contributed by atoms with Crippen LogP contribution in [0.4, 0.5) is 5.69 Å². The van der Waals surface area contributed by atoms with Gasteiger partial charge in [0.05, 0.1) is 16.7 Å². The molecule has 2 rings (SSSR count). The van der Waals surface area contributed by atoms with E-state index in [1.807, 2.05) is 0 Å². The van der Waals surface area contributed by atoms with Gasteiger partial charge in [-0.2, -0.15) is 0 Å². The number of benzene rings is 1. The molecule has 19 heavy (non-hydrogen) atoms. The van der Waals surface area contributed by atoms with E-state index >= 15 is 0 Å². The molecule has 0 spiro atoms. The van der Waals surface area contributed by atoms with Crippen molar-refractivity contribution in [3.63, 3.8) is 0 Å². The van der Waals surface area contributed by atoms with E-state index in [0.717, 1.165) is 23.6 Å². The predicted molar refractivity (Wildman–Crippen MR) is 66.9 cm³/mol. The summed E-state index contributed by atoms with van der Waals surface area (Å²) in [7, 11) is -3.21. The van der Waals surface area contributed by atoms with Gasteiger partial charge in [-0.15, -0.1) is 0 Å². The number of hydrogen-bond donors (Lipinski definition) is 0. The first kappa shape index (κ1) is 13.2. The SMILES string of the molecule is O=[N+]([O-])c1ccc([O-])c(C=N[C@H]2C=CS(=O)(=O)C2)c1. The summed E-state index contributed by atoms with van der Waals surface area (Å²) in [5.74, 6) is -0.550. The van der Waals surface area contributed by atoms with E-state index in [0.29, 0.717) is 0 Å². The second-order valence-electron chi connectivity index (χ2n) is 3.98. The van der Waals surface area contributed by atoms with E-state index in [9.17, 15) is 23.6 Å². The summed E-state index contributed by atoms with van der Waals surface area (Å²) in [5, 5.41) is 23.1. The maximum absolute atomic E-state index is 11.5. The Hall–Kier alpha value is -2.22. The monoisotopic (exact) mass is 281 g/mol. The molecule has 0 aromatic heterocycles. The van der Waals surface area contributed by atoms with Crippen LogP contribution in [0, 0.1) is 10.1 Å². The molecule has 0 unspecified atom stereocenters. The summed E-state index contributed by atoms with van der Waals surface area (Å²) in [4.78, 5) is 13.9. The number of aliphatic imine (C=N–C) groups is 1. The zero-order valence-electron chi connectivity index (χ0n) is 9.59. The minimum Gasteiger partial charge on any atom is -0.872 e.